The van der Waals surface area contributed by atoms with Gasteiger partial charge in [0.1, 0.15) is 18.1 Å². The largest absolute Gasteiger partial charge is 0.486 e. The van der Waals surface area contributed by atoms with Gasteiger partial charge in [0.2, 0.25) is 0 Å². The number of benzene rings is 2. The average Bonchev–Trinajstić information content (AvgIpc) is 3.38. The van der Waals surface area contributed by atoms with Crippen molar-refractivity contribution in [3.63, 3.8) is 0 Å². The molecule has 1 unspecified atom stereocenters. The maximum atomic E-state index is 12.2. The minimum atomic E-state index is -0.169. The molecule has 140 valence electrons. The van der Waals surface area contributed by atoms with Crippen LogP contribution < -0.4 is 15.4 Å². The highest BCUT2D eigenvalue weighted by Gasteiger charge is 2.16. The van der Waals surface area contributed by atoms with E-state index in [2.05, 4.69) is 22.8 Å². The van der Waals surface area contributed by atoms with E-state index in [1.807, 2.05) is 30.3 Å². The molecule has 2 heterocycles. The van der Waals surface area contributed by atoms with Crippen LogP contribution in [0.4, 0.5) is 0 Å². The lowest BCUT2D eigenvalue weighted by Gasteiger charge is -2.08. The fourth-order valence-corrected chi connectivity index (χ4v) is 3.43. The Hall–Kier alpha value is -2.79. The first-order chi connectivity index (χ1) is 13.3. The fourth-order valence-electron chi connectivity index (χ4n) is 3.43. The molecule has 0 spiro atoms. The Kier molecular flexibility index (Phi) is 5.39. The number of hydrogen-bond acceptors (Lipinski definition) is 4. The number of ether oxygens (including phenoxy) is 1. The summed E-state index contributed by atoms with van der Waals surface area (Å²) >= 11 is 0. The summed E-state index contributed by atoms with van der Waals surface area (Å²) in [5.74, 6) is 2.23. The predicted octanol–water partition coefficient (Wildman–Crippen LogP) is 3.74. The number of carbonyl (C=O) groups is 1. The molecule has 4 rings (SSSR count). The molecule has 5 heteroatoms. The molecule has 0 bridgehead atoms. The molecular formula is C22H24N2O3. The van der Waals surface area contributed by atoms with Crippen LogP contribution in [-0.4, -0.2) is 25.5 Å². The van der Waals surface area contributed by atoms with E-state index < -0.39 is 0 Å². The number of carbonyl (C=O) groups excluding carboxylic acids is 1. The Balaban J connectivity index is 1.28. The van der Waals surface area contributed by atoms with Crippen LogP contribution in [-0.2, 0) is 6.61 Å². The summed E-state index contributed by atoms with van der Waals surface area (Å²) in [6.45, 7) is 3.10. The van der Waals surface area contributed by atoms with Gasteiger partial charge in [0.05, 0.1) is 0 Å². The van der Waals surface area contributed by atoms with Gasteiger partial charge in [-0.3, -0.25) is 4.79 Å². The van der Waals surface area contributed by atoms with Gasteiger partial charge in [-0.1, -0.05) is 30.3 Å². The Labute approximate surface area is 158 Å². The molecule has 0 aliphatic carbocycles. The number of furan rings is 1. The van der Waals surface area contributed by atoms with Crippen LogP contribution in [0.1, 0.15) is 29.2 Å². The summed E-state index contributed by atoms with van der Waals surface area (Å²) in [4.78, 5) is 12.2. The van der Waals surface area contributed by atoms with E-state index in [0.717, 1.165) is 30.6 Å². The van der Waals surface area contributed by atoms with Crippen LogP contribution in [0.25, 0.3) is 10.8 Å². The molecule has 3 aromatic rings. The smallest absolute Gasteiger partial charge is 0.286 e. The van der Waals surface area contributed by atoms with Gasteiger partial charge in [-0.05, 0) is 66.9 Å². The second-order valence-corrected chi connectivity index (χ2v) is 6.97. The molecule has 2 N–H and O–H groups in total. The van der Waals surface area contributed by atoms with Crippen molar-refractivity contribution in [2.75, 3.05) is 19.6 Å². The van der Waals surface area contributed by atoms with Crippen LogP contribution in [0.5, 0.6) is 5.75 Å². The van der Waals surface area contributed by atoms with Crippen molar-refractivity contribution < 1.29 is 13.9 Å². The molecule has 1 aliphatic rings. The van der Waals surface area contributed by atoms with E-state index in [1.165, 1.54) is 11.8 Å². The minimum Gasteiger partial charge on any atom is -0.486 e. The van der Waals surface area contributed by atoms with Gasteiger partial charge < -0.3 is 19.8 Å². The fraction of sp³-hybridized carbons (Fsp3) is 0.318. The van der Waals surface area contributed by atoms with E-state index in [9.17, 15) is 4.79 Å². The van der Waals surface area contributed by atoms with Gasteiger partial charge in [-0.25, -0.2) is 0 Å². The molecule has 27 heavy (non-hydrogen) atoms. The highest BCUT2D eigenvalue weighted by atomic mass is 16.5. The number of fused-ring (bicyclic) bond motifs is 1. The first-order valence-electron chi connectivity index (χ1n) is 9.47. The van der Waals surface area contributed by atoms with Crippen molar-refractivity contribution in [3.8, 4) is 5.75 Å². The summed E-state index contributed by atoms with van der Waals surface area (Å²) < 4.78 is 11.4. The minimum absolute atomic E-state index is 0.169. The highest BCUT2D eigenvalue weighted by molar-refractivity contribution is 5.91. The number of hydrogen-bond donors (Lipinski definition) is 2. The normalized spacial score (nSPS) is 16.5. The monoisotopic (exact) mass is 364 g/mol. The van der Waals surface area contributed by atoms with Gasteiger partial charge in [0, 0.05) is 6.54 Å². The summed E-state index contributed by atoms with van der Waals surface area (Å²) in [5.41, 5.74) is 0. The van der Waals surface area contributed by atoms with Crippen LogP contribution in [0.15, 0.2) is 59.0 Å². The SMILES string of the molecule is O=C(NCCC1CCNC1)c1ccc(COc2ccc3ccccc3c2)o1. The molecule has 1 aliphatic heterocycles. The van der Waals surface area contributed by atoms with Crippen molar-refractivity contribution in [1.29, 1.82) is 0 Å². The zero-order chi connectivity index (χ0) is 18.5. The van der Waals surface area contributed by atoms with Crippen LogP contribution in [0.2, 0.25) is 0 Å². The lowest BCUT2D eigenvalue weighted by Crippen LogP contribution is -2.26. The number of amides is 1. The van der Waals surface area contributed by atoms with Crippen molar-refractivity contribution in [1.82, 2.24) is 10.6 Å². The van der Waals surface area contributed by atoms with E-state index in [4.69, 9.17) is 9.15 Å². The molecule has 1 saturated heterocycles. The van der Waals surface area contributed by atoms with E-state index in [0.29, 0.717) is 30.6 Å². The third-order valence-corrected chi connectivity index (χ3v) is 4.99. The van der Waals surface area contributed by atoms with Gasteiger partial charge >= 0.3 is 0 Å². The zero-order valence-electron chi connectivity index (χ0n) is 15.2. The number of rotatable bonds is 7. The van der Waals surface area contributed by atoms with Gasteiger partial charge in [0.15, 0.2) is 5.76 Å². The quantitative estimate of drug-likeness (QED) is 0.670. The molecule has 0 radical (unpaired) electrons. The lowest BCUT2D eigenvalue weighted by molar-refractivity contribution is 0.0920. The van der Waals surface area contributed by atoms with E-state index >= 15 is 0 Å². The summed E-state index contributed by atoms with van der Waals surface area (Å²) in [7, 11) is 0. The first-order valence-corrected chi connectivity index (χ1v) is 9.47. The van der Waals surface area contributed by atoms with Crippen molar-refractivity contribution >= 4 is 16.7 Å². The van der Waals surface area contributed by atoms with Crippen LogP contribution >= 0.6 is 0 Å². The summed E-state index contributed by atoms with van der Waals surface area (Å²) in [6.07, 6.45) is 2.18. The predicted molar refractivity (Wildman–Crippen MR) is 105 cm³/mol. The molecule has 1 aromatic heterocycles. The molecule has 2 aromatic carbocycles. The third-order valence-electron chi connectivity index (χ3n) is 4.99. The summed E-state index contributed by atoms with van der Waals surface area (Å²) in [6, 6.07) is 17.6. The first kappa shape index (κ1) is 17.6. The maximum Gasteiger partial charge on any atom is 0.286 e. The molecule has 5 nitrogen and oxygen atoms in total. The maximum absolute atomic E-state index is 12.2. The Morgan fingerprint density at radius 1 is 1.15 bits per heavy atom. The van der Waals surface area contributed by atoms with Gasteiger partial charge in [-0.15, -0.1) is 0 Å². The molecule has 1 amide bonds. The van der Waals surface area contributed by atoms with Gasteiger partial charge in [0.25, 0.3) is 5.91 Å². The highest BCUT2D eigenvalue weighted by Crippen LogP contribution is 2.21. The van der Waals surface area contributed by atoms with Crippen molar-refractivity contribution in [3.05, 3.63) is 66.1 Å². The third kappa shape index (κ3) is 4.49. The molecule has 1 atom stereocenters. The molecule has 0 saturated carbocycles. The zero-order valence-corrected chi connectivity index (χ0v) is 15.2. The van der Waals surface area contributed by atoms with Crippen molar-refractivity contribution in [2.24, 2.45) is 5.92 Å². The van der Waals surface area contributed by atoms with Crippen LogP contribution in [0.3, 0.4) is 0 Å². The molecular weight excluding hydrogens is 340 g/mol. The number of nitrogens with one attached hydrogen (secondary N) is 2. The lowest BCUT2D eigenvalue weighted by atomic mass is 10.1. The topological polar surface area (TPSA) is 63.5 Å². The van der Waals surface area contributed by atoms with Crippen LogP contribution in [0, 0.1) is 5.92 Å². The second kappa shape index (κ2) is 8.27. The second-order valence-electron chi connectivity index (χ2n) is 6.97. The van der Waals surface area contributed by atoms with E-state index in [-0.39, 0.29) is 5.91 Å². The van der Waals surface area contributed by atoms with E-state index in [1.54, 1.807) is 12.1 Å². The average molecular weight is 364 g/mol. The Bertz CT molecular complexity index is 913. The standard InChI is InChI=1S/C22H24N2O3/c25-22(24-12-10-16-9-11-23-14-16)21-8-7-20(27-21)15-26-19-6-5-17-3-1-2-4-18(17)13-19/h1-8,13,16,23H,9-12,14-15H2,(H,24,25). The Morgan fingerprint density at radius 3 is 2.89 bits per heavy atom. The van der Waals surface area contributed by atoms with Gasteiger partial charge in [-0.2, -0.15) is 0 Å². The molecule has 1 fully saturated rings. The summed E-state index contributed by atoms with van der Waals surface area (Å²) in [5, 5.41) is 8.58. The van der Waals surface area contributed by atoms with Crippen molar-refractivity contribution in [2.45, 2.75) is 19.4 Å². The Morgan fingerprint density at radius 2 is 2.04 bits per heavy atom.